The lowest BCUT2D eigenvalue weighted by Gasteiger charge is -2.44. The van der Waals surface area contributed by atoms with Gasteiger partial charge >= 0.3 is 0 Å². The molecule has 5 heteroatoms. The van der Waals surface area contributed by atoms with E-state index in [0.29, 0.717) is 16.6 Å². The van der Waals surface area contributed by atoms with Crippen molar-refractivity contribution < 1.29 is 4.52 Å². The number of piperidine rings is 3. The predicted octanol–water partition coefficient (Wildman–Crippen LogP) is 3.30. The maximum absolute atomic E-state index is 6.28. The highest BCUT2D eigenvalue weighted by molar-refractivity contribution is 6.35. The first-order chi connectivity index (χ1) is 9.72. The van der Waals surface area contributed by atoms with Crippen molar-refractivity contribution in [2.45, 2.75) is 25.8 Å². The number of fused-ring (bicyclic) bond motifs is 4. The molecule has 5 rings (SSSR count). The number of hydrogen-bond donors (Lipinski definition) is 1. The summed E-state index contributed by atoms with van der Waals surface area (Å²) in [4.78, 5) is 2.52. The van der Waals surface area contributed by atoms with E-state index in [1.807, 2.05) is 19.1 Å². The standard InChI is InChI=1S/C15H18ClN3O/c1-9-2-3-11-14(13(9)16)20-18-15(11)17-12-8-19-6-4-10(12)5-7-19/h2-3,10,12H,4-8H2,1H3,(H,17,18)/t12-/m0/s1. The molecule has 3 aliphatic heterocycles. The van der Waals surface area contributed by atoms with Gasteiger partial charge in [0.25, 0.3) is 0 Å². The zero-order chi connectivity index (χ0) is 13.7. The molecular formula is C15H18ClN3O. The van der Waals surface area contributed by atoms with Crippen LogP contribution in [0.2, 0.25) is 5.02 Å². The summed E-state index contributed by atoms with van der Waals surface area (Å²) < 4.78 is 5.42. The molecule has 2 aromatic rings. The molecule has 106 valence electrons. The number of aromatic nitrogens is 1. The first-order valence-electron chi connectivity index (χ1n) is 7.26. The monoisotopic (exact) mass is 291 g/mol. The summed E-state index contributed by atoms with van der Waals surface area (Å²) in [5.74, 6) is 1.59. The summed E-state index contributed by atoms with van der Waals surface area (Å²) in [5.41, 5.74) is 1.71. The Balaban J connectivity index is 1.65. The molecule has 0 aliphatic carbocycles. The minimum absolute atomic E-state index is 0.478. The van der Waals surface area contributed by atoms with Crippen molar-refractivity contribution in [3.05, 3.63) is 22.7 Å². The van der Waals surface area contributed by atoms with E-state index in [-0.39, 0.29) is 0 Å². The van der Waals surface area contributed by atoms with E-state index in [9.17, 15) is 0 Å². The van der Waals surface area contributed by atoms with Crippen LogP contribution in [0.25, 0.3) is 11.0 Å². The van der Waals surface area contributed by atoms with Crippen LogP contribution in [0, 0.1) is 12.8 Å². The number of halogens is 1. The third-order valence-corrected chi connectivity index (χ3v) is 5.22. The molecule has 3 aliphatic rings. The average Bonchev–Trinajstić information content (AvgIpc) is 2.88. The molecule has 0 saturated carbocycles. The van der Waals surface area contributed by atoms with E-state index in [4.69, 9.17) is 16.1 Å². The van der Waals surface area contributed by atoms with Crippen molar-refractivity contribution in [1.82, 2.24) is 10.1 Å². The fraction of sp³-hybridized carbons (Fsp3) is 0.533. The number of rotatable bonds is 2. The normalized spacial score (nSPS) is 29.0. The second-order valence-electron chi connectivity index (χ2n) is 5.99. The smallest absolute Gasteiger partial charge is 0.187 e. The lowest BCUT2D eigenvalue weighted by Crippen LogP contribution is -2.53. The van der Waals surface area contributed by atoms with Crippen LogP contribution >= 0.6 is 11.6 Å². The first kappa shape index (κ1) is 12.5. The Labute approximate surface area is 123 Å². The molecule has 1 N–H and O–H groups in total. The van der Waals surface area contributed by atoms with Crippen LogP contribution in [-0.2, 0) is 0 Å². The molecule has 4 nitrogen and oxygen atoms in total. The minimum Gasteiger partial charge on any atom is -0.362 e. The zero-order valence-corrected chi connectivity index (χ0v) is 12.3. The predicted molar refractivity (Wildman–Crippen MR) is 80.3 cm³/mol. The number of hydrogen-bond acceptors (Lipinski definition) is 4. The number of nitrogens with zero attached hydrogens (tertiary/aromatic N) is 2. The number of benzene rings is 1. The molecule has 0 unspecified atom stereocenters. The molecule has 0 amide bonds. The third-order valence-electron chi connectivity index (χ3n) is 4.75. The van der Waals surface area contributed by atoms with Crippen molar-refractivity contribution in [1.29, 1.82) is 0 Å². The van der Waals surface area contributed by atoms with Gasteiger partial charge in [0.15, 0.2) is 11.4 Å². The number of anilines is 1. The number of aryl methyl sites for hydroxylation is 1. The lowest BCUT2D eigenvalue weighted by molar-refractivity contribution is 0.0973. The van der Waals surface area contributed by atoms with Gasteiger partial charge in [-0.05, 0) is 50.4 Å². The number of nitrogens with one attached hydrogen (secondary N) is 1. The van der Waals surface area contributed by atoms with Gasteiger partial charge in [0.05, 0.1) is 10.4 Å². The molecule has 3 saturated heterocycles. The highest BCUT2D eigenvalue weighted by Crippen LogP contribution is 2.34. The molecule has 1 atom stereocenters. The van der Waals surface area contributed by atoms with E-state index in [1.165, 1.54) is 25.9 Å². The second kappa shape index (κ2) is 4.64. The van der Waals surface area contributed by atoms with E-state index in [0.717, 1.165) is 29.2 Å². The van der Waals surface area contributed by atoms with Gasteiger partial charge < -0.3 is 14.7 Å². The van der Waals surface area contributed by atoms with Crippen LogP contribution in [-0.4, -0.2) is 35.7 Å². The summed E-state index contributed by atoms with van der Waals surface area (Å²) in [6, 6.07) is 4.53. The average molecular weight is 292 g/mol. The Bertz CT molecular complexity index is 646. The summed E-state index contributed by atoms with van der Waals surface area (Å²) in [5, 5.41) is 9.41. The Morgan fingerprint density at radius 2 is 2.15 bits per heavy atom. The fourth-order valence-electron chi connectivity index (χ4n) is 3.48. The SMILES string of the molecule is Cc1ccc2c(N[C@H]3CN4CCC3CC4)noc2c1Cl. The Morgan fingerprint density at radius 1 is 1.35 bits per heavy atom. The molecule has 2 bridgehead atoms. The third kappa shape index (κ3) is 1.90. The van der Waals surface area contributed by atoms with Crippen LogP contribution in [0.15, 0.2) is 16.7 Å². The van der Waals surface area contributed by atoms with E-state index < -0.39 is 0 Å². The van der Waals surface area contributed by atoms with Gasteiger partial charge in [-0.15, -0.1) is 0 Å². The molecule has 0 spiro atoms. The minimum atomic E-state index is 0.478. The van der Waals surface area contributed by atoms with Gasteiger partial charge in [-0.1, -0.05) is 22.8 Å². The molecule has 4 heterocycles. The summed E-state index contributed by atoms with van der Waals surface area (Å²) in [7, 11) is 0. The van der Waals surface area contributed by atoms with Crippen molar-refractivity contribution in [2.24, 2.45) is 5.92 Å². The highest BCUT2D eigenvalue weighted by atomic mass is 35.5. The van der Waals surface area contributed by atoms with Crippen molar-refractivity contribution >= 4 is 28.4 Å². The van der Waals surface area contributed by atoms with Gasteiger partial charge in [0.1, 0.15) is 0 Å². The van der Waals surface area contributed by atoms with E-state index in [1.54, 1.807) is 0 Å². The molecule has 3 fully saturated rings. The van der Waals surface area contributed by atoms with E-state index in [2.05, 4.69) is 15.4 Å². The van der Waals surface area contributed by atoms with Gasteiger partial charge in [-0.25, -0.2) is 0 Å². The lowest BCUT2D eigenvalue weighted by atomic mass is 9.84. The maximum Gasteiger partial charge on any atom is 0.187 e. The van der Waals surface area contributed by atoms with Crippen LogP contribution in [0.5, 0.6) is 0 Å². The Morgan fingerprint density at radius 3 is 2.85 bits per heavy atom. The van der Waals surface area contributed by atoms with Crippen LogP contribution in [0.4, 0.5) is 5.82 Å². The van der Waals surface area contributed by atoms with Crippen LogP contribution in [0.1, 0.15) is 18.4 Å². The fourth-order valence-corrected chi connectivity index (χ4v) is 3.68. The van der Waals surface area contributed by atoms with Crippen molar-refractivity contribution in [3.63, 3.8) is 0 Å². The van der Waals surface area contributed by atoms with Gasteiger partial charge in [-0.2, -0.15) is 0 Å². The molecular weight excluding hydrogens is 274 g/mol. The highest BCUT2D eigenvalue weighted by Gasteiger charge is 2.34. The van der Waals surface area contributed by atoms with Gasteiger partial charge in [0.2, 0.25) is 0 Å². The summed E-state index contributed by atoms with van der Waals surface area (Å²) in [6.45, 7) is 5.57. The molecule has 1 aromatic heterocycles. The van der Waals surface area contributed by atoms with Crippen molar-refractivity contribution in [2.75, 3.05) is 25.0 Å². The van der Waals surface area contributed by atoms with Gasteiger partial charge in [0, 0.05) is 12.6 Å². The Kier molecular flexibility index (Phi) is 2.89. The topological polar surface area (TPSA) is 41.3 Å². The van der Waals surface area contributed by atoms with Crippen LogP contribution < -0.4 is 5.32 Å². The summed E-state index contributed by atoms with van der Waals surface area (Å²) >= 11 is 6.28. The zero-order valence-electron chi connectivity index (χ0n) is 11.5. The van der Waals surface area contributed by atoms with Gasteiger partial charge in [-0.3, -0.25) is 0 Å². The molecule has 20 heavy (non-hydrogen) atoms. The second-order valence-corrected chi connectivity index (χ2v) is 6.37. The van der Waals surface area contributed by atoms with Crippen LogP contribution in [0.3, 0.4) is 0 Å². The Hall–Kier alpha value is -1.26. The first-order valence-corrected chi connectivity index (χ1v) is 7.63. The largest absolute Gasteiger partial charge is 0.362 e. The maximum atomic E-state index is 6.28. The molecule has 1 aromatic carbocycles. The van der Waals surface area contributed by atoms with E-state index >= 15 is 0 Å². The molecule has 0 radical (unpaired) electrons. The van der Waals surface area contributed by atoms with Crippen molar-refractivity contribution in [3.8, 4) is 0 Å². The summed E-state index contributed by atoms with van der Waals surface area (Å²) in [6.07, 6.45) is 2.57. The quantitative estimate of drug-likeness (QED) is 0.922.